The van der Waals surface area contributed by atoms with Crippen LogP contribution in [0, 0.1) is 0 Å². The molecule has 2 N–H and O–H groups in total. The van der Waals surface area contributed by atoms with Crippen molar-refractivity contribution in [2.24, 2.45) is 4.99 Å². The normalized spacial score (nSPS) is 20.2. The molecule has 1 heterocycles. The van der Waals surface area contributed by atoms with Crippen LogP contribution in [-0.2, 0) is 4.74 Å². The van der Waals surface area contributed by atoms with Gasteiger partial charge < -0.3 is 20.1 Å². The second-order valence-electron chi connectivity index (χ2n) is 6.58. The van der Waals surface area contributed by atoms with Gasteiger partial charge in [0, 0.05) is 25.7 Å². The number of ether oxygens (including phenoxy) is 2. The van der Waals surface area contributed by atoms with E-state index in [2.05, 4.69) is 34.6 Å². The van der Waals surface area contributed by atoms with Crippen LogP contribution in [0.4, 0.5) is 0 Å². The molecule has 1 aromatic rings. The van der Waals surface area contributed by atoms with Crippen LogP contribution >= 0.6 is 0 Å². The Bertz CT molecular complexity index is 551. The number of hydrogen-bond donors (Lipinski definition) is 2. The van der Waals surface area contributed by atoms with Crippen molar-refractivity contribution in [3.8, 4) is 5.75 Å². The van der Waals surface area contributed by atoms with Crippen molar-refractivity contribution < 1.29 is 9.47 Å². The highest BCUT2D eigenvalue weighted by molar-refractivity contribution is 5.80. The standard InChI is InChI=1S/C19H30N4O2/c1-3-20-19(22-16-6-7-16)21-14-18(23-10-12-25-13-11-23)15-4-8-17(24-2)9-5-15/h4-5,8-9,16,18H,3,6-7,10-14H2,1-2H3,(H2,20,21,22). The van der Waals surface area contributed by atoms with Crippen molar-refractivity contribution in [1.29, 1.82) is 0 Å². The number of morpholine rings is 1. The number of aliphatic imine (C=N–C) groups is 1. The number of methoxy groups -OCH3 is 1. The molecule has 1 atom stereocenters. The van der Waals surface area contributed by atoms with Crippen LogP contribution < -0.4 is 15.4 Å². The van der Waals surface area contributed by atoms with Gasteiger partial charge in [-0.25, -0.2) is 0 Å². The van der Waals surface area contributed by atoms with Crippen LogP contribution in [0.5, 0.6) is 5.75 Å². The van der Waals surface area contributed by atoms with Gasteiger partial charge in [0.25, 0.3) is 0 Å². The van der Waals surface area contributed by atoms with Gasteiger partial charge in [-0.15, -0.1) is 0 Å². The monoisotopic (exact) mass is 346 g/mol. The van der Waals surface area contributed by atoms with Crippen molar-refractivity contribution in [2.45, 2.75) is 31.8 Å². The lowest BCUT2D eigenvalue weighted by atomic mass is 10.0. The van der Waals surface area contributed by atoms with E-state index in [-0.39, 0.29) is 6.04 Å². The van der Waals surface area contributed by atoms with Gasteiger partial charge in [-0.3, -0.25) is 9.89 Å². The summed E-state index contributed by atoms with van der Waals surface area (Å²) in [5.74, 6) is 1.81. The summed E-state index contributed by atoms with van der Waals surface area (Å²) in [5, 5.41) is 6.85. The number of nitrogens with zero attached hydrogens (tertiary/aromatic N) is 2. The summed E-state index contributed by atoms with van der Waals surface area (Å²) >= 11 is 0. The zero-order valence-electron chi connectivity index (χ0n) is 15.3. The molecular formula is C19H30N4O2. The van der Waals surface area contributed by atoms with E-state index in [0.717, 1.165) is 51.1 Å². The lowest BCUT2D eigenvalue weighted by Gasteiger charge is -2.34. The second kappa shape index (κ2) is 9.06. The molecule has 2 aliphatic rings. The zero-order chi connectivity index (χ0) is 17.5. The zero-order valence-corrected chi connectivity index (χ0v) is 15.3. The van der Waals surface area contributed by atoms with Crippen LogP contribution in [0.15, 0.2) is 29.3 Å². The first-order valence-corrected chi connectivity index (χ1v) is 9.30. The topological polar surface area (TPSA) is 58.1 Å². The summed E-state index contributed by atoms with van der Waals surface area (Å²) in [7, 11) is 1.70. The lowest BCUT2D eigenvalue weighted by molar-refractivity contribution is 0.0179. The molecule has 0 bridgehead atoms. The highest BCUT2D eigenvalue weighted by Crippen LogP contribution is 2.25. The predicted molar refractivity (Wildman–Crippen MR) is 100 cm³/mol. The van der Waals surface area contributed by atoms with Gasteiger partial charge in [0.2, 0.25) is 0 Å². The lowest BCUT2D eigenvalue weighted by Crippen LogP contribution is -2.42. The van der Waals surface area contributed by atoms with Gasteiger partial charge in [0.05, 0.1) is 32.9 Å². The first-order valence-electron chi connectivity index (χ1n) is 9.30. The summed E-state index contributed by atoms with van der Waals surface area (Å²) < 4.78 is 10.8. The Morgan fingerprint density at radius 3 is 2.60 bits per heavy atom. The molecular weight excluding hydrogens is 316 g/mol. The summed E-state index contributed by atoms with van der Waals surface area (Å²) in [6.07, 6.45) is 2.49. The van der Waals surface area contributed by atoms with Gasteiger partial charge in [-0.2, -0.15) is 0 Å². The summed E-state index contributed by atoms with van der Waals surface area (Å²) in [6, 6.07) is 9.20. The van der Waals surface area contributed by atoms with Crippen LogP contribution in [0.3, 0.4) is 0 Å². The van der Waals surface area contributed by atoms with E-state index in [0.29, 0.717) is 6.04 Å². The second-order valence-corrected chi connectivity index (χ2v) is 6.58. The van der Waals surface area contributed by atoms with Crippen LogP contribution in [0.1, 0.15) is 31.4 Å². The first-order chi connectivity index (χ1) is 12.3. The van der Waals surface area contributed by atoms with Crippen LogP contribution in [0.2, 0.25) is 0 Å². The predicted octanol–water partition coefficient (Wildman–Crippen LogP) is 1.79. The van der Waals surface area contributed by atoms with E-state index < -0.39 is 0 Å². The van der Waals surface area contributed by atoms with Crippen molar-refractivity contribution >= 4 is 5.96 Å². The fourth-order valence-electron chi connectivity index (χ4n) is 3.07. The van der Waals surface area contributed by atoms with Gasteiger partial charge in [-0.05, 0) is 37.5 Å². The smallest absolute Gasteiger partial charge is 0.191 e. The SMILES string of the molecule is CCNC(=NCC(c1ccc(OC)cc1)N1CCOCC1)NC1CC1. The number of guanidine groups is 1. The molecule has 0 amide bonds. The van der Waals surface area contributed by atoms with Crippen LogP contribution in [0.25, 0.3) is 0 Å². The number of benzene rings is 1. The Balaban J connectivity index is 1.74. The molecule has 6 heteroatoms. The molecule has 0 spiro atoms. The van der Waals surface area contributed by atoms with Gasteiger partial charge >= 0.3 is 0 Å². The maximum Gasteiger partial charge on any atom is 0.191 e. The maximum absolute atomic E-state index is 5.53. The van der Waals surface area contributed by atoms with Crippen molar-refractivity contribution in [1.82, 2.24) is 15.5 Å². The molecule has 0 radical (unpaired) electrons. The molecule has 25 heavy (non-hydrogen) atoms. The van der Waals surface area contributed by atoms with Gasteiger partial charge in [-0.1, -0.05) is 12.1 Å². The van der Waals surface area contributed by atoms with E-state index in [1.165, 1.54) is 18.4 Å². The Kier molecular flexibility index (Phi) is 6.53. The molecule has 0 aromatic heterocycles. The van der Waals surface area contributed by atoms with Gasteiger partial charge in [0.1, 0.15) is 5.75 Å². The molecule has 1 aliphatic carbocycles. The average molecular weight is 346 g/mol. The third kappa shape index (κ3) is 5.34. The molecule has 2 fully saturated rings. The Morgan fingerprint density at radius 1 is 1.28 bits per heavy atom. The first kappa shape index (κ1) is 18.0. The highest BCUT2D eigenvalue weighted by atomic mass is 16.5. The Hall–Kier alpha value is -1.79. The third-order valence-electron chi connectivity index (χ3n) is 4.67. The molecule has 138 valence electrons. The Morgan fingerprint density at radius 2 is 2.00 bits per heavy atom. The third-order valence-corrected chi connectivity index (χ3v) is 4.67. The van der Waals surface area contributed by atoms with E-state index in [9.17, 15) is 0 Å². The molecule has 3 rings (SSSR count). The summed E-state index contributed by atoms with van der Waals surface area (Å²) in [6.45, 7) is 7.18. The van der Waals surface area contributed by atoms with Crippen molar-refractivity contribution in [2.75, 3.05) is 46.5 Å². The minimum absolute atomic E-state index is 0.254. The maximum atomic E-state index is 5.53. The molecule has 6 nitrogen and oxygen atoms in total. The fourth-order valence-corrected chi connectivity index (χ4v) is 3.07. The number of nitrogens with one attached hydrogen (secondary N) is 2. The molecule has 1 unspecified atom stereocenters. The summed E-state index contributed by atoms with van der Waals surface area (Å²) in [5.41, 5.74) is 1.27. The largest absolute Gasteiger partial charge is 0.497 e. The fraction of sp³-hybridized carbons (Fsp3) is 0.632. The Labute approximate surface area is 150 Å². The quantitative estimate of drug-likeness (QED) is 0.582. The number of rotatable bonds is 7. The van der Waals surface area contributed by atoms with Crippen molar-refractivity contribution in [3.05, 3.63) is 29.8 Å². The molecule has 1 saturated heterocycles. The summed E-state index contributed by atoms with van der Waals surface area (Å²) in [4.78, 5) is 7.34. The van der Waals surface area contributed by atoms with E-state index >= 15 is 0 Å². The number of hydrogen-bond acceptors (Lipinski definition) is 4. The van der Waals surface area contributed by atoms with Gasteiger partial charge in [0.15, 0.2) is 5.96 Å². The molecule has 1 saturated carbocycles. The van der Waals surface area contributed by atoms with Crippen LogP contribution in [-0.4, -0.2) is 63.4 Å². The minimum Gasteiger partial charge on any atom is -0.497 e. The van der Waals surface area contributed by atoms with E-state index in [4.69, 9.17) is 14.5 Å². The molecule has 1 aromatic carbocycles. The van der Waals surface area contributed by atoms with E-state index in [1.807, 2.05) is 12.1 Å². The minimum atomic E-state index is 0.254. The average Bonchev–Trinajstić information content (AvgIpc) is 3.47. The molecule has 1 aliphatic heterocycles. The van der Waals surface area contributed by atoms with E-state index in [1.54, 1.807) is 7.11 Å². The highest BCUT2D eigenvalue weighted by Gasteiger charge is 2.24. The van der Waals surface area contributed by atoms with Crippen molar-refractivity contribution in [3.63, 3.8) is 0 Å².